The summed E-state index contributed by atoms with van der Waals surface area (Å²) in [5, 5.41) is 18.0. The van der Waals surface area contributed by atoms with E-state index in [9.17, 15) is 0 Å². The van der Waals surface area contributed by atoms with E-state index in [1.807, 2.05) is 17.0 Å². The number of nitrogens with zero attached hydrogens (tertiary/aromatic N) is 4. The molecule has 0 unspecified atom stereocenters. The van der Waals surface area contributed by atoms with Crippen molar-refractivity contribution in [2.45, 2.75) is 0 Å². The quantitative estimate of drug-likeness (QED) is 0.686. The third-order valence-electron chi connectivity index (χ3n) is 2.47. The summed E-state index contributed by atoms with van der Waals surface area (Å²) in [4.78, 5) is 6.15. The summed E-state index contributed by atoms with van der Waals surface area (Å²) in [6.07, 6.45) is 1.56. The Bertz CT molecular complexity index is 466. The first kappa shape index (κ1) is 10.4. The van der Waals surface area contributed by atoms with E-state index < -0.39 is 0 Å². The lowest BCUT2D eigenvalue weighted by molar-refractivity contribution is 0.122. The number of nitriles is 2. The van der Waals surface area contributed by atoms with E-state index in [1.54, 1.807) is 12.3 Å². The molecule has 1 fully saturated rings. The minimum absolute atomic E-state index is 0.354. The Morgan fingerprint density at radius 3 is 2.62 bits per heavy atom. The van der Waals surface area contributed by atoms with Crippen LogP contribution in [0, 0.1) is 22.7 Å². The molecular formula is C11H10N4O. The van der Waals surface area contributed by atoms with Crippen LogP contribution in [0.5, 0.6) is 0 Å². The Balaban J connectivity index is 2.40. The lowest BCUT2D eigenvalue weighted by atomic mass is 10.1. The maximum Gasteiger partial charge on any atom is 0.148 e. The van der Waals surface area contributed by atoms with Gasteiger partial charge in [0.25, 0.3) is 0 Å². The van der Waals surface area contributed by atoms with Gasteiger partial charge in [-0.2, -0.15) is 10.5 Å². The molecule has 0 saturated carbocycles. The van der Waals surface area contributed by atoms with Crippen molar-refractivity contribution in [2.24, 2.45) is 0 Å². The molecule has 0 spiro atoms. The lowest BCUT2D eigenvalue weighted by Gasteiger charge is -2.28. The fraction of sp³-hybridized carbons (Fsp3) is 0.364. The summed E-state index contributed by atoms with van der Waals surface area (Å²) in [5.74, 6) is 0.588. The van der Waals surface area contributed by atoms with Crippen molar-refractivity contribution in [3.63, 3.8) is 0 Å². The van der Waals surface area contributed by atoms with E-state index in [0.29, 0.717) is 43.2 Å². The van der Waals surface area contributed by atoms with Crippen LogP contribution in [0.2, 0.25) is 0 Å². The second kappa shape index (κ2) is 4.61. The molecule has 80 valence electrons. The highest BCUT2D eigenvalue weighted by molar-refractivity contribution is 5.60. The van der Waals surface area contributed by atoms with Gasteiger partial charge in [0, 0.05) is 19.3 Å². The minimum atomic E-state index is 0.354. The van der Waals surface area contributed by atoms with E-state index in [-0.39, 0.29) is 0 Å². The normalized spacial score (nSPS) is 15.2. The van der Waals surface area contributed by atoms with Gasteiger partial charge in [0.05, 0.1) is 18.8 Å². The van der Waals surface area contributed by atoms with Crippen molar-refractivity contribution in [1.82, 2.24) is 4.98 Å². The summed E-state index contributed by atoms with van der Waals surface area (Å²) in [7, 11) is 0. The smallest absolute Gasteiger partial charge is 0.148 e. The van der Waals surface area contributed by atoms with Crippen LogP contribution >= 0.6 is 0 Å². The summed E-state index contributed by atoms with van der Waals surface area (Å²) >= 11 is 0. The van der Waals surface area contributed by atoms with Crippen LogP contribution in [0.1, 0.15) is 11.1 Å². The molecule has 1 aromatic heterocycles. The molecular weight excluding hydrogens is 204 g/mol. The summed E-state index contributed by atoms with van der Waals surface area (Å²) in [6.45, 7) is 2.67. The zero-order valence-corrected chi connectivity index (χ0v) is 8.68. The Morgan fingerprint density at radius 1 is 1.25 bits per heavy atom. The van der Waals surface area contributed by atoms with Gasteiger partial charge in [-0.3, -0.25) is 0 Å². The highest BCUT2D eigenvalue weighted by Crippen LogP contribution is 2.20. The van der Waals surface area contributed by atoms with Gasteiger partial charge in [0.1, 0.15) is 23.5 Å². The number of hydrogen-bond acceptors (Lipinski definition) is 5. The van der Waals surface area contributed by atoms with Crippen molar-refractivity contribution < 1.29 is 4.74 Å². The molecule has 0 N–H and O–H groups in total. The molecule has 1 aliphatic heterocycles. The monoisotopic (exact) mass is 214 g/mol. The number of pyridine rings is 1. The van der Waals surface area contributed by atoms with Crippen LogP contribution in [-0.4, -0.2) is 31.3 Å². The maximum absolute atomic E-state index is 9.06. The Morgan fingerprint density at radius 2 is 2.00 bits per heavy atom. The molecule has 0 aromatic carbocycles. The molecule has 2 heterocycles. The molecule has 1 aromatic rings. The Kier molecular flexibility index (Phi) is 3.00. The molecule has 0 bridgehead atoms. The molecule has 2 rings (SSSR count). The van der Waals surface area contributed by atoms with E-state index in [4.69, 9.17) is 15.3 Å². The van der Waals surface area contributed by atoms with E-state index in [0.717, 1.165) is 0 Å². The predicted molar refractivity (Wildman–Crippen MR) is 56.7 cm³/mol. The maximum atomic E-state index is 9.06. The molecule has 1 aliphatic rings. The van der Waals surface area contributed by atoms with Gasteiger partial charge in [0.2, 0.25) is 0 Å². The summed E-state index contributed by atoms with van der Waals surface area (Å²) < 4.78 is 5.23. The van der Waals surface area contributed by atoms with E-state index in [1.165, 1.54) is 0 Å². The summed E-state index contributed by atoms with van der Waals surface area (Å²) in [6, 6.07) is 5.61. The first-order valence-electron chi connectivity index (χ1n) is 4.98. The van der Waals surface area contributed by atoms with Crippen molar-refractivity contribution in [3.8, 4) is 12.1 Å². The SMILES string of the molecule is N#Cc1ccnc(N2CCOCC2)c1C#N. The molecule has 0 atom stereocenters. The van der Waals surface area contributed by atoms with Crippen LogP contribution in [0.25, 0.3) is 0 Å². The number of aromatic nitrogens is 1. The number of morpholine rings is 1. The predicted octanol–water partition coefficient (Wildman–Crippen LogP) is 0.662. The van der Waals surface area contributed by atoms with Crippen LogP contribution in [0.15, 0.2) is 12.3 Å². The van der Waals surface area contributed by atoms with Gasteiger partial charge in [-0.05, 0) is 6.07 Å². The molecule has 16 heavy (non-hydrogen) atoms. The highest BCUT2D eigenvalue weighted by Gasteiger charge is 2.18. The molecule has 5 nitrogen and oxygen atoms in total. The third-order valence-corrected chi connectivity index (χ3v) is 2.47. The fourth-order valence-electron chi connectivity index (χ4n) is 1.67. The van der Waals surface area contributed by atoms with Gasteiger partial charge in [-0.15, -0.1) is 0 Å². The van der Waals surface area contributed by atoms with Crippen LogP contribution in [0.3, 0.4) is 0 Å². The average molecular weight is 214 g/mol. The zero-order chi connectivity index (χ0) is 11.4. The minimum Gasteiger partial charge on any atom is -0.378 e. The molecule has 0 amide bonds. The molecule has 1 saturated heterocycles. The number of anilines is 1. The fourth-order valence-corrected chi connectivity index (χ4v) is 1.67. The van der Waals surface area contributed by atoms with Gasteiger partial charge >= 0.3 is 0 Å². The highest BCUT2D eigenvalue weighted by atomic mass is 16.5. The van der Waals surface area contributed by atoms with Crippen LogP contribution in [-0.2, 0) is 4.74 Å². The third kappa shape index (κ3) is 1.81. The Hall–Kier alpha value is -2.11. The average Bonchev–Trinajstić information content (AvgIpc) is 2.38. The zero-order valence-electron chi connectivity index (χ0n) is 8.68. The number of ether oxygens (including phenoxy) is 1. The van der Waals surface area contributed by atoms with E-state index >= 15 is 0 Å². The second-order valence-corrected chi connectivity index (χ2v) is 3.38. The van der Waals surface area contributed by atoms with Crippen molar-refractivity contribution >= 4 is 5.82 Å². The van der Waals surface area contributed by atoms with Gasteiger partial charge in [0.15, 0.2) is 0 Å². The van der Waals surface area contributed by atoms with Crippen molar-refractivity contribution in [3.05, 3.63) is 23.4 Å². The van der Waals surface area contributed by atoms with Crippen LogP contribution in [0.4, 0.5) is 5.82 Å². The topological polar surface area (TPSA) is 72.9 Å². The first-order valence-corrected chi connectivity index (χ1v) is 4.98. The standard InChI is InChI=1S/C11H10N4O/c12-7-9-1-2-14-11(10(9)8-13)15-3-5-16-6-4-15/h1-2H,3-6H2. The van der Waals surface area contributed by atoms with Gasteiger partial charge in [-0.1, -0.05) is 0 Å². The summed E-state index contributed by atoms with van der Waals surface area (Å²) in [5.41, 5.74) is 0.728. The molecule has 0 radical (unpaired) electrons. The number of rotatable bonds is 1. The lowest BCUT2D eigenvalue weighted by Crippen LogP contribution is -2.37. The van der Waals surface area contributed by atoms with Crippen molar-refractivity contribution in [1.29, 1.82) is 10.5 Å². The van der Waals surface area contributed by atoms with Gasteiger partial charge in [-0.25, -0.2) is 4.98 Å². The first-order chi connectivity index (χ1) is 7.86. The second-order valence-electron chi connectivity index (χ2n) is 3.38. The van der Waals surface area contributed by atoms with Crippen LogP contribution < -0.4 is 4.90 Å². The molecule has 0 aliphatic carbocycles. The Labute approximate surface area is 93.5 Å². The van der Waals surface area contributed by atoms with Gasteiger partial charge < -0.3 is 9.64 Å². The largest absolute Gasteiger partial charge is 0.378 e. The molecule has 5 heteroatoms. The number of hydrogen-bond donors (Lipinski definition) is 0. The van der Waals surface area contributed by atoms with E-state index in [2.05, 4.69) is 4.98 Å². The van der Waals surface area contributed by atoms with Crippen molar-refractivity contribution in [2.75, 3.05) is 31.2 Å².